The number of carbonyl (C=O) groups excluding carboxylic acids is 1. The van der Waals surface area contributed by atoms with Gasteiger partial charge in [-0.15, -0.1) is 0 Å². The molecule has 2 heterocycles. The Labute approximate surface area is 105 Å². The number of nitrogens with two attached hydrogens (primary N) is 1. The van der Waals surface area contributed by atoms with E-state index in [2.05, 4.69) is 10.3 Å². The molecule has 0 aliphatic carbocycles. The Morgan fingerprint density at radius 2 is 2.22 bits per heavy atom. The van der Waals surface area contributed by atoms with Crippen molar-refractivity contribution >= 4 is 11.6 Å². The molecule has 2 aromatic rings. The van der Waals surface area contributed by atoms with Crippen LogP contribution >= 0.6 is 0 Å². The van der Waals surface area contributed by atoms with E-state index in [-0.39, 0.29) is 5.91 Å². The number of aromatic nitrogens is 1. The molecule has 0 aliphatic rings. The summed E-state index contributed by atoms with van der Waals surface area (Å²) in [4.78, 5) is 15.9. The van der Waals surface area contributed by atoms with E-state index in [1.807, 2.05) is 26.0 Å². The summed E-state index contributed by atoms with van der Waals surface area (Å²) >= 11 is 0. The number of anilines is 1. The SMILES string of the molecule is Cc1cc(N)c(C(=O)NCc2ccc(C)o2)cn1. The van der Waals surface area contributed by atoms with Crippen LogP contribution in [0.2, 0.25) is 0 Å². The van der Waals surface area contributed by atoms with Crippen LogP contribution in [-0.4, -0.2) is 10.9 Å². The largest absolute Gasteiger partial charge is 0.465 e. The molecule has 5 nitrogen and oxygen atoms in total. The number of amides is 1. The summed E-state index contributed by atoms with van der Waals surface area (Å²) in [5.41, 5.74) is 7.36. The van der Waals surface area contributed by atoms with Crippen molar-refractivity contribution in [2.75, 3.05) is 5.73 Å². The first-order chi connectivity index (χ1) is 8.56. The zero-order valence-electron chi connectivity index (χ0n) is 10.4. The van der Waals surface area contributed by atoms with Gasteiger partial charge < -0.3 is 15.5 Å². The van der Waals surface area contributed by atoms with Crippen LogP contribution < -0.4 is 11.1 Å². The van der Waals surface area contributed by atoms with Crippen LogP contribution in [0.15, 0.2) is 28.8 Å². The third kappa shape index (κ3) is 2.68. The number of nitrogens with zero attached hydrogens (tertiary/aromatic N) is 1. The van der Waals surface area contributed by atoms with E-state index in [4.69, 9.17) is 10.2 Å². The molecular weight excluding hydrogens is 230 g/mol. The normalized spacial score (nSPS) is 10.3. The summed E-state index contributed by atoms with van der Waals surface area (Å²) in [6.07, 6.45) is 1.48. The Morgan fingerprint density at radius 1 is 1.44 bits per heavy atom. The van der Waals surface area contributed by atoms with E-state index in [9.17, 15) is 4.79 Å². The standard InChI is InChI=1S/C13H15N3O2/c1-8-5-12(14)11(7-15-8)13(17)16-6-10-4-3-9(2)18-10/h3-5,7H,6H2,1-2H3,(H2,14,15)(H,16,17). The average Bonchev–Trinajstić information content (AvgIpc) is 2.72. The summed E-state index contributed by atoms with van der Waals surface area (Å²) in [5.74, 6) is 1.27. The van der Waals surface area contributed by atoms with Crippen LogP contribution in [0, 0.1) is 13.8 Å². The highest BCUT2D eigenvalue weighted by Gasteiger charge is 2.10. The Morgan fingerprint density at radius 3 is 2.83 bits per heavy atom. The van der Waals surface area contributed by atoms with Crippen molar-refractivity contribution in [2.45, 2.75) is 20.4 Å². The Balaban J connectivity index is 2.03. The molecule has 0 radical (unpaired) electrons. The van der Waals surface area contributed by atoms with Gasteiger partial charge in [0.05, 0.1) is 12.1 Å². The van der Waals surface area contributed by atoms with Crippen LogP contribution in [0.1, 0.15) is 27.6 Å². The molecule has 0 bridgehead atoms. The second-order valence-electron chi connectivity index (χ2n) is 4.11. The molecule has 18 heavy (non-hydrogen) atoms. The molecule has 94 valence electrons. The van der Waals surface area contributed by atoms with Gasteiger partial charge in [0.25, 0.3) is 5.91 Å². The van der Waals surface area contributed by atoms with Crippen molar-refractivity contribution < 1.29 is 9.21 Å². The van der Waals surface area contributed by atoms with Gasteiger partial charge in [0.2, 0.25) is 0 Å². The first-order valence-corrected chi connectivity index (χ1v) is 5.62. The number of rotatable bonds is 3. The van der Waals surface area contributed by atoms with Gasteiger partial charge in [-0.3, -0.25) is 9.78 Å². The van der Waals surface area contributed by atoms with Crippen molar-refractivity contribution in [3.8, 4) is 0 Å². The number of hydrogen-bond acceptors (Lipinski definition) is 4. The molecule has 0 aromatic carbocycles. The fraction of sp³-hybridized carbons (Fsp3) is 0.231. The summed E-state index contributed by atoms with van der Waals surface area (Å²) in [7, 11) is 0. The quantitative estimate of drug-likeness (QED) is 0.864. The van der Waals surface area contributed by atoms with Gasteiger partial charge in [0.15, 0.2) is 0 Å². The number of carbonyl (C=O) groups is 1. The van der Waals surface area contributed by atoms with E-state index in [0.29, 0.717) is 23.6 Å². The van der Waals surface area contributed by atoms with Gasteiger partial charge in [0, 0.05) is 17.6 Å². The average molecular weight is 245 g/mol. The minimum absolute atomic E-state index is 0.256. The van der Waals surface area contributed by atoms with Crippen molar-refractivity contribution in [3.05, 3.63) is 47.2 Å². The lowest BCUT2D eigenvalue weighted by atomic mass is 10.2. The first-order valence-electron chi connectivity index (χ1n) is 5.62. The summed E-state index contributed by atoms with van der Waals surface area (Å²) < 4.78 is 5.36. The lowest BCUT2D eigenvalue weighted by Gasteiger charge is -2.06. The van der Waals surface area contributed by atoms with Crippen LogP contribution in [0.25, 0.3) is 0 Å². The molecule has 0 saturated heterocycles. The number of nitrogens with one attached hydrogen (secondary N) is 1. The smallest absolute Gasteiger partial charge is 0.255 e. The topological polar surface area (TPSA) is 81.2 Å². The lowest BCUT2D eigenvalue weighted by molar-refractivity contribution is 0.0948. The van der Waals surface area contributed by atoms with Crippen molar-refractivity contribution in [3.63, 3.8) is 0 Å². The third-order valence-electron chi connectivity index (χ3n) is 2.54. The molecule has 0 spiro atoms. The Hall–Kier alpha value is -2.30. The number of pyridine rings is 1. The summed E-state index contributed by atoms with van der Waals surface area (Å²) in [5, 5.41) is 2.74. The van der Waals surface area contributed by atoms with Crippen LogP contribution in [0.4, 0.5) is 5.69 Å². The molecule has 0 unspecified atom stereocenters. The maximum absolute atomic E-state index is 11.9. The fourth-order valence-corrected chi connectivity index (χ4v) is 1.61. The monoisotopic (exact) mass is 245 g/mol. The molecule has 0 fully saturated rings. The minimum atomic E-state index is -0.256. The van der Waals surface area contributed by atoms with Crippen LogP contribution in [-0.2, 0) is 6.54 Å². The third-order valence-corrected chi connectivity index (χ3v) is 2.54. The predicted octanol–water partition coefficient (Wildman–Crippen LogP) is 1.80. The zero-order valence-corrected chi connectivity index (χ0v) is 10.4. The van der Waals surface area contributed by atoms with E-state index < -0.39 is 0 Å². The molecule has 0 saturated carbocycles. The maximum atomic E-state index is 11.9. The lowest BCUT2D eigenvalue weighted by Crippen LogP contribution is -2.23. The van der Waals surface area contributed by atoms with E-state index >= 15 is 0 Å². The molecule has 1 amide bonds. The van der Waals surface area contributed by atoms with E-state index in [1.54, 1.807) is 6.07 Å². The molecular formula is C13H15N3O2. The van der Waals surface area contributed by atoms with Gasteiger partial charge in [-0.1, -0.05) is 0 Å². The number of furan rings is 1. The summed E-state index contributed by atoms with van der Waals surface area (Å²) in [6.45, 7) is 4.01. The number of aryl methyl sites for hydroxylation is 2. The second-order valence-corrected chi connectivity index (χ2v) is 4.11. The summed E-state index contributed by atoms with van der Waals surface area (Å²) in [6, 6.07) is 5.35. The highest BCUT2D eigenvalue weighted by atomic mass is 16.3. The second kappa shape index (κ2) is 4.91. The van der Waals surface area contributed by atoms with Crippen LogP contribution in [0.5, 0.6) is 0 Å². The van der Waals surface area contributed by atoms with Crippen molar-refractivity contribution in [1.82, 2.24) is 10.3 Å². The molecule has 0 atom stereocenters. The molecule has 2 rings (SSSR count). The van der Waals surface area contributed by atoms with Crippen molar-refractivity contribution in [2.24, 2.45) is 0 Å². The first kappa shape index (κ1) is 12.2. The van der Waals surface area contributed by atoms with Gasteiger partial charge in [-0.2, -0.15) is 0 Å². The fourth-order valence-electron chi connectivity index (χ4n) is 1.61. The van der Waals surface area contributed by atoms with Gasteiger partial charge in [-0.25, -0.2) is 0 Å². The van der Waals surface area contributed by atoms with Gasteiger partial charge in [0.1, 0.15) is 11.5 Å². The van der Waals surface area contributed by atoms with E-state index in [0.717, 1.165) is 11.5 Å². The van der Waals surface area contributed by atoms with Crippen molar-refractivity contribution in [1.29, 1.82) is 0 Å². The van der Waals surface area contributed by atoms with Gasteiger partial charge in [-0.05, 0) is 32.0 Å². The minimum Gasteiger partial charge on any atom is -0.465 e. The zero-order chi connectivity index (χ0) is 13.1. The molecule has 3 N–H and O–H groups in total. The van der Waals surface area contributed by atoms with Crippen LogP contribution in [0.3, 0.4) is 0 Å². The molecule has 2 aromatic heterocycles. The number of nitrogen functional groups attached to an aromatic ring is 1. The molecule has 5 heteroatoms. The Bertz CT molecular complexity index is 575. The number of hydrogen-bond donors (Lipinski definition) is 2. The predicted molar refractivity (Wildman–Crippen MR) is 68.0 cm³/mol. The maximum Gasteiger partial charge on any atom is 0.255 e. The Kier molecular flexibility index (Phi) is 3.32. The highest BCUT2D eigenvalue weighted by molar-refractivity contribution is 5.98. The van der Waals surface area contributed by atoms with Gasteiger partial charge >= 0.3 is 0 Å². The highest BCUT2D eigenvalue weighted by Crippen LogP contribution is 2.12. The van der Waals surface area contributed by atoms with E-state index in [1.165, 1.54) is 6.20 Å². The molecule has 0 aliphatic heterocycles.